The highest BCUT2D eigenvalue weighted by Gasteiger charge is 2.53. The summed E-state index contributed by atoms with van der Waals surface area (Å²) in [5.74, 6) is -1.14. The Hall–Kier alpha value is -3.78. The first kappa shape index (κ1) is 40.0. The molecule has 14 heteroatoms. The summed E-state index contributed by atoms with van der Waals surface area (Å²) in [6.45, 7) is 8.31. The number of nitrogens with zero attached hydrogens (tertiary/aromatic N) is 2. The van der Waals surface area contributed by atoms with E-state index in [1.54, 1.807) is 37.6 Å². The van der Waals surface area contributed by atoms with E-state index in [2.05, 4.69) is 20.9 Å². The lowest BCUT2D eigenvalue weighted by Crippen LogP contribution is -2.59. The molecule has 1 aliphatic heterocycles. The van der Waals surface area contributed by atoms with Gasteiger partial charge in [0.05, 0.1) is 28.8 Å². The molecule has 12 nitrogen and oxygen atoms in total. The summed E-state index contributed by atoms with van der Waals surface area (Å²) >= 11 is 1.54. The molecule has 1 aromatic heterocycles. The third kappa shape index (κ3) is 11.6. The Labute approximate surface area is 303 Å². The van der Waals surface area contributed by atoms with Crippen molar-refractivity contribution in [3.8, 4) is 16.2 Å². The van der Waals surface area contributed by atoms with E-state index in [1.807, 2.05) is 25.1 Å². The Morgan fingerprint density at radius 3 is 2.33 bits per heavy atom. The molecule has 5 N–H and O–H groups in total. The van der Waals surface area contributed by atoms with Crippen molar-refractivity contribution in [1.82, 2.24) is 25.8 Å². The number of ether oxygens (including phenoxy) is 1. The van der Waals surface area contributed by atoms with Gasteiger partial charge in [-0.25, -0.2) is 14.2 Å². The fraction of sp³-hybridized carbons (Fsp3) is 0.649. The lowest BCUT2D eigenvalue weighted by atomic mass is 9.85. The van der Waals surface area contributed by atoms with Crippen LogP contribution >= 0.6 is 11.3 Å². The van der Waals surface area contributed by atoms with Gasteiger partial charge in [-0.05, 0) is 49.7 Å². The molecule has 4 rings (SSSR count). The minimum absolute atomic E-state index is 0.0459. The molecular weight excluding hydrogens is 678 g/mol. The van der Waals surface area contributed by atoms with Gasteiger partial charge in [-0.3, -0.25) is 14.4 Å². The molecule has 4 amide bonds. The van der Waals surface area contributed by atoms with Gasteiger partial charge in [0.25, 0.3) is 5.91 Å². The summed E-state index contributed by atoms with van der Waals surface area (Å²) in [4.78, 5) is 57.2. The van der Waals surface area contributed by atoms with Crippen molar-refractivity contribution in [2.45, 2.75) is 129 Å². The van der Waals surface area contributed by atoms with Gasteiger partial charge in [0, 0.05) is 31.6 Å². The third-order valence-corrected chi connectivity index (χ3v) is 10.5. The molecule has 0 bridgehead atoms. The number of rotatable bonds is 19. The van der Waals surface area contributed by atoms with Crippen molar-refractivity contribution in [3.05, 3.63) is 35.0 Å². The number of alkyl halides is 1. The predicted molar refractivity (Wildman–Crippen MR) is 193 cm³/mol. The number of carbonyl (C=O) groups excluding carboxylic acids is 3. The number of thiazole rings is 1. The van der Waals surface area contributed by atoms with Crippen LogP contribution in [0.2, 0.25) is 0 Å². The highest BCUT2D eigenvalue weighted by molar-refractivity contribution is 7.13. The molecule has 1 aromatic carbocycles. The molecule has 1 aliphatic carbocycles. The summed E-state index contributed by atoms with van der Waals surface area (Å²) in [6.07, 6.45) is 6.49. The number of hydrogen-bond acceptors (Lipinski definition) is 8. The van der Waals surface area contributed by atoms with Crippen LogP contribution in [0, 0.1) is 12.3 Å². The van der Waals surface area contributed by atoms with Gasteiger partial charge in [0.1, 0.15) is 17.8 Å². The minimum atomic E-state index is -1.95. The molecule has 2 aliphatic rings. The van der Waals surface area contributed by atoms with E-state index >= 15 is 0 Å². The van der Waals surface area contributed by atoms with Crippen molar-refractivity contribution < 1.29 is 38.5 Å². The lowest BCUT2D eigenvalue weighted by Gasteiger charge is -2.35. The summed E-state index contributed by atoms with van der Waals surface area (Å²) in [5, 5.41) is 27.1. The molecule has 1 saturated heterocycles. The molecule has 1 unspecified atom stereocenters. The summed E-state index contributed by atoms with van der Waals surface area (Å²) in [6, 6.07) is 3.81. The first-order chi connectivity index (χ1) is 24.2. The number of β-amino-alcohol motifs (C(OH)–C–C–N with tert-alkyl or cyclic N) is 1. The zero-order valence-corrected chi connectivity index (χ0v) is 31.1. The normalized spacial score (nSPS) is 18.6. The van der Waals surface area contributed by atoms with Gasteiger partial charge in [0.15, 0.2) is 5.67 Å². The van der Waals surface area contributed by atoms with E-state index in [0.717, 1.165) is 73.1 Å². The van der Waals surface area contributed by atoms with Crippen LogP contribution in [0.3, 0.4) is 0 Å². The fourth-order valence-electron chi connectivity index (χ4n) is 6.24. The van der Waals surface area contributed by atoms with Gasteiger partial charge in [0.2, 0.25) is 11.8 Å². The van der Waals surface area contributed by atoms with E-state index in [4.69, 9.17) is 9.84 Å². The van der Waals surface area contributed by atoms with Crippen LogP contribution < -0.4 is 20.7 Å². The zero-order valence-electron chi connectivity index (χ0n) is 30.3. The standard InChI is InChI=1S/C37H54FN5O7S/c1-24-30(51-23-41-24)25-13-14-26(29(19-25)50-18-12-10-8-6-5-7-9-11-17-39-35(48)49)21-40-32(45)28-20-27(44)22-43(28)33(46)31(36(2,3)4)42-34(47)37(38)15-16-37/h13-14,19,23,27-28,31,39,44H,5-12,15-18,20-22H2,1-4H3,(H,40,45)(H,42,47)(H,48,49)/t27-,28+,31?/m1/s1. The Morgan fingerprint density at radius 1 is 1.06 bits per heavy atom. The van der Waals surface area contributed by atoms with Gasteiger partial charge in [-0.1, -0.05) is 71.4 Å². The number of unbranched alkanes of at least 4 members (excludes halogenated alkanes) is 7. The maximum absolute atomic E-state index is 14.5. The lowest BCUT2D eigenvalue weighted by molar-refractivity contribution is -0.145. The average molecular weight is 732 g/mol. The molecule has 51 heavy (non-hydrogen) atoms. The molecule has 2 heterocycles. The number of aryl methyl sites for hydroxylation is 1. The van der Waals surface area contributed by atoms with Gasteiger partial charge in [-0.15, -0.1) is 11.3 Å². The van der Waals surface area contributed by atoms with Crippen LogP contribution in [0.5, 0.6) is 5.75 Å². The first-order valence-corrected chi connectivity index (χ1v) is 19.0. The second-order valence-electron chi connectivity index (χ2n) is 14.8. The highest BCUT2D eigenvalue weighted by atomic mass is 32.1. The number of likely N-dealkylation sites (tertiary alicyclic amines) is 1. The number of amides is 4. The number of aliphatic hydroxyl groups is 1. The van der Waals surface area contributed by atoms with Crippen molar-refractivity contribution in [2.24, 2.45) is 5.41 Å². The number of carbonyl (C=O) groups is 4. The molecule has 2 fully saturated rings. The molecule has 1 saturated carbocycles. The number of nitrogens with one attached hydrogen (secondary N) is 3. The average Bonchev–Trinajstić information content (AvgIpc) is 3.48. The molecule has 0 radical (unpaired) electrons. The maximum atomic E-state index is 14.5. The molecule has 282 valence electrons. The first-order valence-electron chi connectivity index (χ1n) is 18.1. The quantitative estimate of drug-likeness (QED) is 0.118. The van der Waals surface area contributed by atoms with Crippen LogP contribution in [0.25, 0.3) is 10.4 Å². The van der Waals surface area contributed by atoms with E-state index in [0.29, 0.717) is 18.9 Å². The Balaban J connectivity index is 1.34. The van der Waals surface area contributed by atoms with Crippen LogP contribution in [0.15, 0.2) is 23.7 Å². The molecule has 0 spiro atoms. The van der Waals surface area contributed by atoms with Crippen molar-refractivity contribution in [1.29, 1.82) is 0 Å². The second kappa shape index (κ2) is 18.1. The number of aromatic nitrogens is 1. The van der Waals surface area contributed by atoms with Crippen molar-refractivity contribution in [3.63, 3.8) is 0 Å². The highest BCUT2D eigenvalue weighted by Crippen LogP contribution is 2.40. The van der Waals surface area contributed by atoms with Crippen LogP contribution in [-0.4, -0.2) is 87.5 Å². The van der Waals surface area contributed by atoms with Crippen molar-refractivity contribution >= 4 is 35.2 Å². The number of benzene rings is 1. The van der Waals surface area contributed by atoms with Crippen molar-refractivity contribution in [2.75, 3.05) is 19.7 Å². The van der Waals surface area contributed by atoms with Crippen LogP contribution in [-0.2, 0) is 20.9 Å². The Bertz CT molecular complexity index is 1510. The second-order valence-corrected chi connectivity index (χ2v) is 15.7. The van der Waals surface area contributed by atoms with E-state index < -0.39 is 53.1 Å². The third-order valence-electron chi connectivity index (χ3n) is 9.48. The monoisotopic (exact) mass is 731 g/mol. The SMILES string of the molecule is Cc1ncsc1-c1ccc(CNC(=O)[C@@H]2C[C@@H](O)CN2C(=O)C(NC(=O)C2(F)CC2)C(C)(C)C)c(OCCCCCCCCCCNC(=O)O)c1. The maximum Gasteiger partial charge on any atom is 0.404 e. The largest absolute Gasteiger partial charge is 0.493 e. The fourth-order valence-corrected chi connectivity index (χ4v) is 7.04. The molecular formula is C37H54FN5O7S. The molecule has 3 atom stereocenters. The topological polar surface area (TPSA) is 170 Å². The Kier molecular flexibility index (Phi) is 14.2. The predicted octanol–water partition coefficient (Wildman–Crippen LogP) is 5.50. The zero-order chi connectivity index (χ0) is 37.2. The number of aliphatic hydroxyl groups excluding tert-OH is 1. The summed E-state index contributed by atoms with van der Waals surface area (Å²) in [7, 11) is 0. The van der Waals surface area contributed by atoms with Gasteiger partial charge < -0.3 is 35.8 Å². The smallest absolute Gasteiger partial charge is 0.404 e. The minimum Gasteiger partial charge on any atom is -0.493 e. The van der Waals surface area contributed by atoms with Crippen LogP contribution in [0.1, 0.15) is 103 Å². The molecule has 2 aromatic rings. The van der Waals surface area contributed by atoms with E-state index in [-0.39, 0.29) is 32.4 Å². The number of halogens is 1. The van der Waals surface area contributed by atoms with Gasteiger partial charge in [-0.2, -0.15) is 0 Å². The van der Waals surface area contributed by atoms with Gasteiger partial charge >= 0.3 is 6.09 Å². The summed E-state index contributed by atoms with van der Waals surface area (Å²) in [5.41, 5.74) is 1.72. The number of carboxylic acid groups (broad SMARTS) is 1. The Morgan fingerprint density at radius 2 is 1.73 bits per heavy atom. The van der Waals surface area contributed by atoms with E-state index in [9.17, 15) is 28.7 Å². The van der Waals surface area contributed by atoms with Crippen LogP contribution in [0.4, 0.5) is 9.18 Å². The van der Waals surface area contributed by atoms with E-state index in [1.165, 1.54) is 4.90 Å². The summed E-state index contributed by atoms with van der Waals surface area (Å²) < 4.78 is 20.8. The number of hydrogen-bond donors (Lipinski definition) is 5.